The lowest BCUT2D eigenvalue weighted by molar-refractivity contribution is -0.858. The number of nitrogens with one attached hydrogen (secondary N) is 3. The zero-order valence-corrected chi connectivity index (χ0v) is 8.24. The Hall–Kier alpha value is -0.770. The first-order valence-electron chi connectivity index (χ1n) is 4.47. The number of amides is 2. The van der Waals surface area contributed by atoms with Crippen LogP contribution in [-0.4, -0.2) is 39.8 Å². The Balaban J connectivity index is 3.14. The summed E-state index contributed by atoms with van der Waals surface area (Å²) in [7, 11) is 4.21. The molecule has 0 aliphatic rings. The summed E-state index contributed by atoms with van der Waals surface area (Å²) >= 11 is 0. The van der Waals surface area contributed by atoms with Gasteiger partial charge >= 0.3 is 6.03 Å². The Labute approximate surface area is 74.3 Å². The third-order valence-electron chi connectivity index (χ3n) is 1.48. The molecule has 0 fully saturated rings. The molecule has 0 aliphatic carbocycles. The van der Waals surface area contributed by atoms with Crippen LogP contribution in [0.1, 0.15) is 13.3 Å². The van der Waals surface area contributed by atoms with Crippen molar-refractivity contribution < 1.29 is 9.69 Å². The summed E-state index contributed by atoms with van der Waals surface area (Å²) in [4.78, 5) is 12.3. The van der Waals surface area contributed by atoms with Crippen LogP contribution in [-0.2, 0) is 0 Å². The van der Waals surface area contributed by atoms with Crippen LogP contribution in [0.15, 0.2) is 0 Å². The molecule has 4 heteroatoms. The van der Waals surface area contributed by atoms with E-state index < -0.39 is 0 Å². The first kappa shape index (κ1) is 11.2. The maximum absolute atomic E-state index is 10.9. The molecular formula is C8H20N3O+. The predicted molar refractivity (Wildman–Crippen MR) is 49.4 cm³/mol. The Morgan fingerprint density at radius 1 is 1.33 bits per heavy atom. The number of rotatable bonds is 5. The van der Waals surface area contributed by atoms with Crippen LogP contribution in [0.25, 0.3) is 0 Å². The molecular weight excluding hydrogens is 154 g/mol. The van der Waals surface area contributed by atoms with Crippen molar-refractivity contribution in [1.82, 2.24) is 10.6 Å². The SMILES string of the molecule is CCNC(=O)NCCC[NH+](C)C. The monoisotopic (exact) mass is 174 g/mol. The molecule has 0 saturated heterocycles. The minimum absolute atomic E-state index is 0.0637. The minimum Gasteiger partial charge on any atom is -0.340 e. The number of carbonyl (C=O) groups is 1. The van der Waals surface area contributed by atoms with Crippen LogP contribution >= 0.6 is 0 Å². The third-order valence-corrected chi connectivity index (χ3v) is 1.48. The summed E-state index contributed by atoms with van der Waals surface area (Å²) in [6.07, 6.45) is 1.03. The highest BCUT2D eigenvalue weighted by molar-refractivity contribution is 5.73. The summed E-state index contributed by atoms with van der Waals surface area (Å²) < 4.78 is 0. The van der Waals surface area contributed by atoms with Crippen molar-refractivity contribution in [2.75, 3.05) is 33.7 Å². The van der Waals surface area contributed by atoms with Gasteiger partial charge in [0.05, 0.1) is 20.6 Å². The number of carbonyl (C=O) groups excluding carboxylic acids is 1. The molecule has 0 atom stereocenters. The third kappa shape index (κ3) is 7.34. The fourth-order valence-electron chi connectivity index (χ4n) is 0.867. The van der Waals surface area contributed by atoms with E-state index in [2.05, 4.69) is 24.7 Å². The summed E-state index contributed by atoms with van der Waals surface area (Å²) in [6.45, 7) is 4.44. The molecule has 0 aliphatic heterocycles. The van der Waals surface area contributed by atoms with E-state index in [-0.39, 0.29) is 6.03 Å². The minimum atomic E-state index is -0.0637. The Morgan fingerprint density at radius 3 is 2.50 bits per heavy atom. The molecule has 0 unspecified atom stereocenters. The molecule has 3 N–H and O–H groups in total. The molecule has 0 radical (unpaired) electrons. The van der Waals surface area contributed by atoms with Gasteiger partial charge in [-0.3, -0.25) is 0 Å². The van der Waals surface area contributed by atoms with Gasteiger partial charge in [-0.05, 0) is 6.92 Å². The van der Waals surface area contributed by atoms with E-state index in [1.165, 1.54) is 4.90 Å². The summed E-state index contributed by atoms with van der Waals surface area (Å²) in [5, 5.41) is 5.45. The molecule has 4 nitrogen and oxygen atoms in total. The van der Waals surface area contributed by atoms with Gasteiger partial charge in [-0.15, -0.1) is 0 Å². The van der Waals surface area contributed by atoms with Crippen molar-refractivity contribution in [1.29, 1.82) is 0 Å². The molecule has 12 heavy (non-hydrogen) atoms. The van der Waals surface area contributed by atoms with Gasteiger partial charge in [-0.1, -0.05) is 0 Å². The van der Waals surface area contributed by atoms with Crippen LogP contribution in [0.5, 0.6) is 0 Å². The van der Waals surface area contributed by atoms with Crippen molar-refractivity contribution in [3.05, 3.63) is 0 Å². The average molecular weight is 174 g/mol. The second kappa shape index (κ2) is 6.91. The van der Waals surface area contributed by atoms with E-state index in [9.17, 15) is 4.79 Å². The molecule has 0 spiro atoms. The van der Waals surface area contributed by atoms with Crippen LogP contribution in [0, 0.1) is 0 Å². The molecule has 0 aromatic heterocycles. The van der Waals surface area contributed by atoms with Gasteiger partial charge < -0.3 is 15.5 Å². The van der Waals surface area contributed by atoms with Crippen LogP contribution < -0.4 is 15.5 Å². The largest absolute Gasteiger partial charge is 0.340 e. The van der Waals surface area contributed by atoms with E-state index in [1.807, 2.05) is 6.92 Å². The van der Waals surface area contributed by atoms with Gasteiger partial charge in [0.15, 0.2) is 0 Å². The Bertz CT molecular complexity index is 125. The van der Waals surface area contributed by atoms with E-state index in [1.54, 1.807) is 0 Å². The van der Waals surface area contributed by atoms with Gasteiger partial charge in [0.25, 0.3) is 0 Å². The average Bonchev–Trinajstić information content (AvgIpc) is 1.98. The van der Waals surface area contributed by atoms with E-state index in [0.717, 1.165) is 19.5 Å². The molecule has 0 aromatic carbocycles. The van der Waals surface area contributed by atoms with Gasteiger partial charge in [0.2, 0.25) is 0 Å². The first-order chi connectivity index (χ1) is 5.66. The number of hydrogen-bond acceptors (Lipinski definition) is 1. The van der Waals surface area contributed by atoms with Gasteiger partial charge in [0.1, 0.15) is 0 Å². The smallest absolute Gasteiger partial charge is 0.314 e. The molecule has 72 valence electrons. The summed E-state index contributed by atoms with van der Waals surface area (Å²) in [5.41, 5.74) is 0. The van der Waals surface area contributed by atoms with Crippen molar-refractivity contribution in [3.8, 4) is 0 Å². The zero-order chi connectivity index (χ0) is 9.40. The lowest BCUT2D eigenvalue weighted by Crippen LogP contribution is -3.05. The fraction of sp³-hybridized carbons (Fsp3) is 0.875. The second-order valence-electron chi connectivity index (χ2n) is 3.10. The number of quaternary nitrogens is 1. The fourth-order valence-corrected chi connectivity index (χ4v) is 0.867. The summed E-state index contributed by atoms with van der Waals surface area (Å²) in [6, 6.07) is -0.0637. The second-order valence-corrected chi connectivity index (χ2v) is 3.10. The molecule has 2 amide bonds. The normalized spacial score (nSPS) is 10.0. The lowest BCUT2D eigenvalue weighted by Gasteiger charge is -2.08. The Kier molecular flexibility index (Phi) is 6.47. The van der Waals surface area contributed by atoms with Crippen molar-refractivity contribution >= 4 is 6.03 Å². The standard InChI is InChI=1S/C8H19N3O/c1-4-9-8(12)10-6-5-7-11(2)3/h4-7H2,1-3H3,(H2,9,10,12)/p+1. The van der Waals surface area contributed by atoms with Crippen molar-refractivity contribution in [2.24, 2.45) is 0 Å². The summed E-state index contributed by atoms with van der Waals surface area (Å²) in [5.74, 6) is 0. The van der Waals surface area contributed by atoms with Crippen LogP contribution in [0.2, 0.25) is 0 Å². The number of hydrogen-bond donors (Lipinski definition) is 3. The molecule has 0 aromatic rings. The van der Waals surface area contributed by atoms with E-state index >= 15 is 0 Å². The maximum atomic E-state index is 10.9. The highest BCUT2D eigenvalue weighted by Crippen LogP contribution is 1.70. The zero-order valence-electron chi connectivity index (χ0n) is 8.24. The quantitative estimate of drug-likeness (QED) is 0.452. The van der Waals surface area contributed by atoms with Gasteiger partial charge in [-0.25, -0.2) is 4.79 Å². The Morgan fingerprint density at radius 2 is 2.00 bits per heavy atom. The topological polar surface area (TPSA) is 45.6 Å². The van der Waals surface area contributed by atoms with E-state index in [4.69, 9.17) is 0 Å². The number of urea groups is 1. The predicted octanol–water partition coefficient (Wildman–Crippen LogP) is -1.16. The van der Waals surface area contributed by atoms with Crippen LogP contribution in [0.4, 0.5) is 4.79 Å². The van der Waals surface area contributed by atoms with E-state index in [0.29, 0.717) is 6.54 Å². The van der Waals surface area contributed by atoms with Gasteiger partial charge in [-0.2, -0.15) is 0 Å². The first-order valence-corrected chi connectivity index (χ1v) is 4.47. The van der Waals surface area contributed by atoms with Gasteiger partial charge in [0, 0.05) is 19.5 Å². The molecule has 0 rings (SSSR count). The molecule has 0 bridgehead atoms. The lowest BCUT2D eigenvalue weighted by atomic mass is 10.4. The molecule has 0 saturated carbocycles. The molecule has 0 heterocycles. The van der Waals surface area contributed by atoms with Crippen molar-refractivity contribution in [2.45, 2.75) is 13.3 Å². The highest BCUT2D eigenvalue weighted by Gasteiger charge is 1.97. The maximum Gasteiger partial charge on any atom is 0.314 e. The highest BCUT2D eigenvalue weighted by atomic mass is 16.2. The van der Waals surface area contributed by atoms with Crippen molar-refractivity contribution in [3.63, 3.8) is 0 Å². The van der Waals surface area contributed by atoms with Crippen LogP contribution in [0.3, 0.4) is 0 Å².